The van der Waals surface area contributed by atoms with Gasteiger partial charge in [0.2, 0.25) is 0 Å². The van der Waals surface area contributed by atoms with E-state index in [1.807, 2.05) is 0 Å². The van der Waals surface area contributed by atoms with Crippen molar-refractivity contribution in [2.75, 3.05) is 23.8 Å². The molecule has 0 saturated carbocycles. The molecule has 19 heavy (non-hydrogen) atoms. The maximum absolute atomic E-state index is 12.1. The molecule has 0 aromatic heterocycles. The zero-order valence-corrected chi connectivity index (χ0v) is 10.0. The maximum atomic E-state index is 12.1. The number of rotatable bonds is 3. The molecule has 0 spiro atoms. The van der Waals surface area contributed by atoms with Gasteiger partial charge in [0.25, 0.3) is 5.91 Å². The number of hydrogen-bond acceptors (Lipinski definition) is 3. The summed E-state index contributed by atoms with van der Waals surface area (Å²) in [7, 11) is 0. The van der Waals surface area contributed by atoms with Gasteiger partial charge in [-0.2, -0.15) is 13.2 Å². The fourth-order valence-electron chi connectivity index (χ4n) is 1.90. The van der Waals surface area contributed by atoms with Crippen molar-refractivity contribution < 1.29 is 22.7 Å². The smallest absolute Gasteiger partial charge is 0.389 e. The molecule has 104 valence electrons. The lowest BCUT2D eigenvalue weighted by Gasteiger charge is -2.29. The Morgan fingerprint density at radius 1 is 1.37 bits per heavy atom. The van der Waals surface area contributed by atoms with E-state index in [1.54, 1.807) is 18.2 Å². The van der Waals surface area contributed by atoms with Crippen LogP contribution >= 0.6 is 0 Å². The summed E-state index contributed by atoms with van der Waals surface area (Å²) in [6, 6.07) is 4.71. The number of halogens is 3. The van der Waals surface area contributed by atoms with Gasteiger partial charge in [-0.15, -0.1) is 0 Å². The van der Waals surface area contributed by atoms with Crippen LogP contribution in [0.4, 0.5) is 24.5 Å². The molecule has 0 atom stereocenters. The van der Waals surface area contributed by atoms with E-state index >= 15 is 0 Å². The van der Waals surface area contributed by atoms with E-state index in [1.165, 1.54) is 4.90 Å². The molecule has 7 heteroatoms. The highest BCUT2D eigenvalue weighted by Gasteiger charge is 2.29. The predicted octanol–water partition coefficient (Wildman–Crippen LogP) is 2.34. The Bertz CT molecular complexity index is 488. The van der Waals surface area contributed by atoms with Crippen molar-refractivity contribution in [1.82, 2.24) is 0 Å². The van der Waals surface area contributed by atoms with Gasteiger partial charge in [0.1, 0.15) is 5.75 Å². The van der Waals surface area contributed by atoms with Crippen LogP contribution in [0, 0.1) is 0 Å². The summed E-state index contributed by atoms with van der Waals surface area (Å²) in [5, 5.41) is 0. The number of hydrogen-bond donors (Lipinski definition) is 1. The first-order chi connectivity index (χ1) is 8.87. The number of alkyl halides is 3. The number of nitrogen functional groups attached to an aromatic ring is 1. The van der Waals surface area contributed by atoms with Crippen LogP contribution in [0.25, 0.3) is 0 Å². The summed E-state index contributed by atoms with van der Waals surface area (Å²) in [6.07, 6.45) is -5.26. The number of fused-ring (bicyclic) bond motifs is 1. The monoisotopic (exact) mass is 274 g/mol. The van der Waals surface area contributed by atoms with Crippen LogP contribution in [-0.4, -0.2) is 25.2 Å². The second kappa shape index (κ2) is 4.99. The molecule has 2 N–H and O–H groups in total. The lowest BCUT2D eigenvalue weighted by atomic mass is 10.2. The molecule has 1 amide bonds. The molecular weight excluding hydrogens is 261 g/mol. The molecule has 2 rings (SSSR count). The molecule has 0 aliphatic carbocycles. The molecule has 1 aromatic rings. The number of nitrogens with zero attached hydrogens (tertiary/aromatic N) is 1. The van der Waals surface area contributed by atoms with E-state index < -0.39 is 12.6 Å². The number of carbonyl (C=O) groups is 1. The minimum Gasteiger partial charge on any atom is -0.481 e. The van der Waals surface area contributed by atoms with Gasteiger partial charge in [-0.25, -0.2) is 0 Å². The van der Waals surface area contributed by atoms with Gasteiger partial charge in [-0.1, -0.05) is 0 Å². The summed E-state index contributed by atoms with van der Waals surface area (Å²) in [6.45, 7) is -0.166. The van der Waals surface area contributed by atoms with Crippen molar-refractivity contribution in [3.63, 3.8) is 0 Å². The van der Waals surface area contributed by atoms with Crippen molar-refractivity contribution in [1.29, 1.82) is 0 Å². The molecule has 0 fully saturated rings. The first kappa shape index (κ1) is 13.5. The lowest BCUT2D eigenvalue weighted by molar-refractivity contribution is -0.135. The molecule has 4 nitrogen and oxygen atoms in total. The average molecular weight is 274 g/mol. The number of nitrogens with two attached hydrogens (primary N) is 1. The van der Waals surface area contributed by atoms with Crippen LogP contribution in [-0.2, 0) is 4.79 Å². The van der Waals surface area contributed by atoms with E-state index in [9.17, 15) is 18.0 Å². The van der Waals surface area contributed by atoms with E-state index in [0.29, 0.717) is 17.1 Å². The minimum atomic E-state index is -4.21. The van der Waals surface area contributed by atoms with Gasteiger partial charge in [-0.05, 0) is 18.6 Å². The number of benzene rings is 1. The molecule has 1 heterocycles. The minimum absolute atomic E-state index is 0.0125. The molecule has 1 aliphatic rings. The third kappa shape index (κ3) is 3.30. The van der Waals surface area contributed by atoms with Gasteiger partial charge < -0.3 is 15.4 Å². The maximum Gasteiger partial charge on any atom is 0.389 e. The summed E-state index contributed by atoms with van der Waals surface area (Å²) < 4.78 is 41.5. The number of ether oxygens (including phenoxy) is 1. The van der Waals surface area contributed by atoms with Crippen LogP contribution in [0.1, 0.15) is 12.8 Å². The van der Waals surface area contributed by atoms with Crippen LogP contribution in [0.15, 0.2) is 18.2 Å². The second-order valence-corrected chi connectivity index (χ2v) is 4.28. The zero-order chi connectivity index (χ0) is 14.0. The molecule has 0 bridgehead atoms. The van der Waals surface area contributed by atoms with Crippen LogP contribution in [0.2, 0.25) is 0 Å². The molecule has 0 unspecified atom stereocenters. The highest BCUT2D eigenvalue weighted by atomic mass is 19.4. The van der Waals surface area contributed by atoms with Gasteiger partial charge in [0, 0.05) is 24.7 Å². The topological polar surface area (TPSA) is 55.6 Å². The second-order valence-electron chi connectivity index (χ2n) is 4.28. The highest BCUT2D eigenvalue weighted by molar-refractivity contribution is 5.98. The van der Waals surface area contributed by atoms with Crippen LogP contribution in [0.5, 0.6) is 5.75 Å². The number of carbonyl (C=O) groups excluding carboxylic acids is 1. The zero-order valence-electron chi connectivity index (χ0n) is 10.0. The number of amides is 1. The Hall–Kier alpha value is -1.92. The average Bonchev–Trinajstić information content (AvgIpc) is 2.30. The SMILES string of the molecule is Nc1ccc2c(c1)OCC(=O)N2CCCC(F)(F)F. The van der Waals surface area contributed by atoms with Crippen molar-refractivity contribution in [3.8, 4) is 5.75 Å². The molecule has 0 saturated heterocycles. The third-order valence-electron chi connectivity index (χ3n) is 2.77. The van der Waals surface area contributed by atoms with Crippen LogP contribution < -0.4 is 15.4 Å². The number of anilines is 2. The molecule has 1 aliphatic heterocycles. The molecule has 0 radical (unpaired) electrons. The predicted molar refractivity (Wildman–Crippen MR) is 64.0 cm³/mol. The highest BCUT2D eigenvalue weighted by Crippen LogP contribution is 2.34. The summed E-state index contributed by atoms with van der Waals surface area (Å²) in [5.74, 6) is 0.0751. The summed E-state index contributed by atoms with van der Waals surface area (Å²) in [5.41, 5.74) is 6.53. The molecular formula is C12H13F3N2O2. The lowest BCUT2D eigenvalue weighted by Crippen LogP contribution is -2.39. The van der Waals surface area contributed by atoms with Crippen molar-refractivity contribution in [2.45, 2.75) is 19.0 Å². The summed E-state index contributed by atoms with van der Waals surface area (Å²) >= 11 is 0. The summed E-state index contributed by atoms with van der Waals surface area (Å²) in [4.78, 5) is 13.0. The standard InChI is InChI=1S/C12H13F3N2O2/c13-12(14,15)4-1-5-17-9-3-2-8(16)6-10(9)19-7-11(17)18/h2-3,6H,1,4-5,7,16H2. The van der Waals surface area contributed by atoms with Crippen molar-refractivity contribution in [2.24, 2.45) is 0 Å². The van der Waals surface area contributed by atoms with Gasteiger partial charge in [-0.3, -0.25) is 4.79 Å². The van der Waals surface area contributed by atoms with Crippen molar-refractivity contribution in [3.05, 3.63) is 18.2 Å². The van der Waals surface area contributed by atoms with Crippen LogP contribution in [0.3, 0.4) is 0 Å². The first-order valence-corrected chi connectivity index (χ1v) is 5.76. The Balaban J connectivity index is 2.10. The van der Waals surface area contributed by atoms with Crippen molar-refractivity contribution >= 4 is 17.3 Å². The van der Waals surface area contributed by atoms with E-state index in [-0.39, 0.29) is 25.5 Å². The Morgan fingerprint density at radius 2 is 2.11 bits per heavy atom. The first-order valence-electron chi connectivity index (χ1n) is 5.76. The fraction of sp³-hybridized carbons (Fsp3) is 0.417. The Labute approximate surface area is 107 Å². The van der Waals surface area contributed by atoms with Gasteiger partial charge >= 0.3 is 6.18 Å². The fourth-order valence-corrected chi connectivity index (χ4v) is 1.90. The quantitative estimate of drug-likeness (QED) is 0.861. The van der Waals surface area contributed by atoms with E-state index in [0.717, 1.165) is 0 Å². The largest absolute Gasteiger partial charge is 0.481 e. The normalized spacial score (nSPS) is 15.1. The van der Waals surface area contributed by atoms with E-state index in [2.05, 4.69) is 0 Å². The Kier molecular flexibility index (Phi) is 3.55. The molecule has 1 aromatic carbocycles. The third-order valence-corrected chi connectivity index (χ3v) is 2.77. The Morgan fingerprint density at radius 3 is 2.79 bits per heavy atom. The van der Waals surface area contributed by atoms with Gasteiger partial charge in [0.15, 0.2) is 6.61 Å². The van der Waals surface area contributed by atoms with Gasteiger partial charge in [0.05, 0.1) is 5.69 Å². The van der Waals surface area contributed by atoms with E-state index in [4.69, 9.17) is 10.5 Å².